The number of hydrogen-bond donors (Lipinski definition) is 0. The fraction of sp³-hybridized carbons (Fsp3) is 0. The van der Waals surface area contributed by atoms with Crippen molar-refractivity contribution in [1.29, 1.82) is 5.26 Å². The molecular formula is C9H7LiN2. The zero-order valence-electron chi connectivity index (χ0n) is 7.04. The van der Waals surface area contributed by atoms with E-state index in [2.05, 4.69) is 18.5 Å². The van der Waals surface area contributed by atoms with Gasteiger partial charge in [0.25, 0.3) is 0 Å². The minimum atomic E-state index is 0. The Balaban J connectivity index is 0.00000121. The monoisotopic (exact) mass is 150 g/mol. The number of hydrogen-bond acceptors (Lipinski definition) is 2. The van der Waals surface area contributed by atoms with Gasteiger partial charge in [-0.2, -0.15) is 12.5 Å². The van der Waals surface area contributed by atoms with Gasteiger partial charge < -0.3 is 0 Å². The average Bonchev–Trinajstić information content (AvgIpc) is 2.05. The van der Waals surface area contributed by atoms with E-state index < -0.39 is 0 Å². The maximum atomic E-state index is 8.57. The molecule has 0 spiro atoms. The molecule has 0 bridgehead atoms. The maximum absolute atomic E-state index is 8.57. The van der Waals surface area contributed by atoms with Gasteiger partial charge in [-0.1, -0.05) is 0 Å². The predicted octanol–water partition coefficient (Wildman–Crippen LogP) is -1.22. The van der Waals surface area contributed by atoms with Gasteiger partial charge in [0.15, 0.2) is 0 Å². The first-order valence-electron chi connectivity index (χ1n) is 3.12. The molecule has 0 unspecified atom stereocenters. The third kappa shape index (κ3) is 1.92. The van der Waals surface area contributed by atoms with Crippen LogP contribution in [0.2, 0.25) is 0 Å². The molecule has 0 aliphatic heterocycles. The van der Waals surface area contributed by atoms with Crippen LogP contribution >= 0.6 is 0 Å². The third-order valence-corrected chi connectivity index (χ3v) is 1.43. The quantitative estimate of drug-likeness (QED) is 0.372. The second-order valence-electron chi connectivity index (χ2n) is 2.07. The molecule has 0 saturated heterocycles. The van der Waals surface area contributed by atoms with Crippen molar-refractivity contribution in [3.8, 4) is 6.07 Å². The Morgan fingerprint density at radius 1 is 1.58 bits per heavy atom. The molecule has 1 heterocycles. The van der Waals surface area contributed by atoms with Crippen LogP contribution in [-0.2, 0) is 0 Å². The Kier molecular flexibility index (Phi) is 4.22. The first-order valence-corrected chi connectivity index (χ1v) is 3.12. The molecule has 0 aliphatic rings. The summed E-state index contributed by atoms with van der Waals surface area (Å²) in [6.07, 6.45) is 4.77. The van der Waals surface area contributed by atoms with Crippen LogP contribution in [0.15, 0.2) is 19.0 Å². The molecule has 12 heavy (non-hydrogen) atoms. The van der Waals surface area contributed by atoms with E-state index in [1.54, 1.807) is 12.3 Å². The molecule has 0 N–H and O–H groups in total. The largest absolute Gasteiger partial charge is 1.00 e. The summed E-state index contributed by atoms with van der Waals surface area (Å²) in [7, 11) is 0. The molecule has 0 aliphatic carbocycles. The van der Waals surface area contributed by atoms with Crippen molar-refractivity contribution in [2.75, 3.05) is 0 Å². The van der Waals surface area contributed by atoms with Crippen molar-refractivity contribution in [1.82, 2.24) is 4.98 Å². The normalized spacial score (nSPS) is 7.92. The van der Waals surface area contributed by atoms with Crippen LogP contribution in [-0.4, -0.2) is 4.98 Å². The molecule has 0 aromatic carbocycles. The summed E-state index contributed by atoms with van der Waals surface area (Å²) in [6.45, 7) is 7.31. The van der Waals surface area contributed by atoms with Crippen LogP contribution in [0.4, 0.5) is 0 Å². The van der Waals surface area contributed by atoms with E-state index >= 15 is 0 Å². The van der Waals surface area contributed by atoms with E-state index in [1.807, 2.05) is 6.07 Å². The van der Waals surface area contributed by atoms with Crippen molar-refractivity contribution < 1.29 is 18.9 Å². The summed E-state index contributed by atoms with van der Waals surface area (Å²) in [5.41, 5.74) is 2.00. The van der Waals surface area contributed by atoms with Crippen LogP contribution < -0.4 is 18.9 Å². The molecule has 0 fully saturated rings. The molecular weight excluding hydrogens is 143 g/mol. The molecule has 1 aromatic heterocycles. The zero-order valence-corrected chi connectivity index (χ0v) is 7.04. The van der Waals surface area contributed by atoms with E-state index in [0.717, 1.165) is 5.56 Å². The predicted molar refractivity (Wildman–Crippen MR) is 43.5 cm³/mol. The topological polar surface area (TPSA) is 36.7 Å². The maximum Gasteiger partial charge on any atom is 1.00 e. The van der Waals surface area contributed by atoms with E-state index in [9.17, 15) is 0 Å². The Morgan fingerprint density at radius 3 is 2.75 bits per heavy atom. The van der Waals surface area contributed by atoms with E-state index in [1.165, 1.54) is 6.20 Å². The van der Waals surface area contributed by atoms with Crippen LogP contribution in [0.3, 0.4) is 0 Å². The average molecular weight is 150 g/mol. The third-order valence-electron chi connectivity index (χ3n) is 1.43. The summed E-state index contributed by atoms with van der Waals surface area (Å²) in [5, 5.41) is 8.57. The van der Waals surface area contributed by atoms with E-state index in [0.29, 0.717) is 11.1 Å². The fourth-order valence-electron chi connectivity index (χ4n) is 0.776. The second kappa shape index (κ2) is 4.67. The molecule has 1 aromatic rings. The minimum absolute atomic E-state index is 0. The SMILES string of the molecule is C=Cc1cncc(C#N)c1[CH2-].[Li+]. The Bertz CT molecular complexity index is 326. The van der Waals surface area contributed by atoms with Crippen molar-refractivity contribution in [2.24, 2.45) is 0 Å². The standard InChI is InChI=1S/C9H7N2.Li/c1-3-8-5-11-6-9(4-10)7(8)2;/h3,5-6H,1-2H2;/q-1;+1. The van der Waals surface area contributed by atoms with Crippen molar-refractivity contribution in [3.05, 3.63) is 42.6 Å². The van der Waals surface area contributed by atoms with Crippen LogP contribution in [0, 0.1) is 18.3 Å². The smallest absolute Gasteiger partial charge is 0.289 e. The van der Waals surface area contributed by atoms with Crippen molar-refractivity contribution >= 4 is 6.08 Å². The Labute approximate surface area is 84.1 Å². The van der Waals surface area contributed by atoms with Gasteiger partial charge in [-0.3, -0.25) is 4.98 Å². The van der Waals surface area contributed by atoms with Crippen LogP contribution in [0.1, 0.15) is 16.7 Å². The molecule has 3 heteroatoms. The van der Waals surface area contributed by atoms with Crippen LogP contribution in [0.25, 0.3) is 6.08 Å². The Morgan fingerprint density at radius 2 is 2.25 bits per heavy atom. The molecule has 54 valence electrons. The molecule has 0 amide bonds. The number of aromatic nitrogens is 1. The summed E-state index contributed by atoms with van der Waals surface area (Å²) in [6, 6.07) is 2.00. The van der Waals surface area contributed by atoms with Gasteiger partial charge in [0, 0.05) is 6.07 Å². The summed E-state index contributed by atoms with van der Waals surface area (Å²) in [5.74, 6) is 0. The number of nitriles is 1. The first-order chi connectivity index (χ1) is 5.29. The molecule has 0 saturated carbocycles. The van der Waals surface area contributed by atoms with Gasteiger partial charge in [-0.25, -0.2) is 5.26 Å². The molecule has 1 rings (SSSR count). The molecule has 0 radical (unpaired) electrons. The number of nitrogens with zero attached hydrogens (tertiary/aromatic N) is 2. The van der Waals surface area contributed by atoms with Gasteiger partial charge in [-0.05, 0) is 18.0 Å². The van der Waals surface area contributed by atoms with Gasteiger partial charge in [0.05, 0.1) is 0 Å². The van der Waals surface area contributed by atoms with Gasteiger partial charge in [0.2, 0.25) is 0 Å². The number of pyridine rings is 1. The second-order valence-corrected chi connectivity index (χ2v) is 2.07. The number of rotatable bonds is 1. The van der Waals surface area contributed by atoms with Crippen LogP contribution in [0.5, 0.6) is 0 Å². The zero-order chi connectivity index (χ0) is 8.27. The minimum Gasteiger partial charge on any atom is -0.289 e. The van der Waals surface area contributed by atoms with Crippen molar-refractivity contribution in [3.63, 3.8) is 0 Å². The van der Waals surface area contributed by atoms with E-state index in [-0.39, 0.29) is 18.9 Å². The van der Waals surface area contributed by atoms with Gasteiger partial charge in [-0.15, -0.1) is 18.2 Å². The Hall–Kier alpha value is -1.15. The van der Waals surface area contributed by atoms with Gasteiger partial charge in [0.1, 0.15) is 0 Å². The summed E-state index contributed by atoms with van der Waals surface area (Å²) < 4.78 is 0. The molecule has 2 nitrogen and oxygen atoms in total. The van der Waals surface area contributed by atoms with Gasteiger partial charge >= 0.3 is 18.9 Å². The summed E-state index contributed by atoms with van der Waals surface area (Å²) >= 11 is 0. The fourth-order valence-corrected chi connectivity index (χ4v) is 0.776. The summed E-state index contributed by atoms with van der Waals surface area (Å²) in [4.78, 5) is 3.85. The molecule has 0 atom stereocenters. The van der Waals surface area contributed by atoms with E-state index in [4.69, 9.17) is 5.26 Å². The first kappa shape index (κ1) is 10.8. The van der Waals surface area contributed by atoms with Crippen molar-refractivity contribution in [2.45, 2.75) is 0 Å².